The Hall–Kier alpha value is -2.27. The minimum absolute atomic E-state index is 0.210. The second-order valence-electron chi connectivity index (χ2n) is 4.78. The van der Waals surface area contributed by atoms with Crippen LogP contribution in [0.25, 0.3) is 0 Å². The van der Waals surface area contributed by atoms with Gasteiger partial charge in [0.1, 0.15) is 5.69 Å². The van der Waals surface area contributed by atoms with Crippen molar-refractivity contribution in [3.8, 4) is 0 Å². The van der Waals surface area contributed by atoms with Crippen molar-refractivity contribution in [2.24, 2.45) is 0 Å². The Kier molecular flexibility index (Phi) is 4.79. The third-order valence-electron chi connectivity index (χ3n) is 2.84. The fraction of sp³-hybridized carbons (Fsp3) is 0.267. The molecular formula is C15H18N4O. The Bertz CT molecular complexity index is 569. The standard InChI is InChI=1S/C15H18N4O/c1-19(2)11-13-6-4-3-5-12(13)9-18-15(20)14-10-16-7-8-17-14/h3-8,10H,9,11H2,1-2H3,(H,18,20). The molecule has 5 heteroatoms. The van der Waals surface area contributed by atoms with Crippen LogP contribution in [0.3, 0.4) is 0 Å². The molecule has 0 radical (unpaired) electrons. The molecule has 1 aromatic heterocycles. The Balaban J connectivity index is 2.02. The first-order valence-electron chi connectivity index (χ1n) is 6.42. The van der Waals surface area contributed by atoms with Crippen molar-refractivity contribution in [2.75, 3.05) is 14.1 Å². The summed E-state index contributed by atoms with van der Waals surface area (Å²) >= 11 is 0. The zero-order valence-corrected chi connectivity index (χ0v) is 11.7. The van der Waals surface area contributed by atoms with Gasteiger partial charge < -0.3 is 10.2 Å². The lowest BCUT2D eigenvalue weighted by molar-refractivity contribution is 0.0945. The highest BCUT2D eigenvalue weighted by Crippen LogP contribution is 2.10. The molecule has 104 valence electrons. The number of rotatable bonds is 5. The van der Waals surface area contributed by atoms with Gasteiger partial charge in [-0.1, -0.05) is 24.3 Å². The molecule has 0 fully saturated rings. The van der Waals surface area contributed by atoms with E-state index in [-0.39, 0.29) is 5.91 Å². The normalized spacial score (nSPS) is 10.6. The van der Waals surface area contributed by atoms with Crippen molar-refractivity contribution in [3.05, 3.63) is 59.7 Å². The summed E-state index contributed by atoms with van der Waals surface area (Å²) in [5.41, 5.74) is 2.65. The van der Waals surface area contributed by atoms with Gasteiger partial charge in [0, 0.05) is 25.5 Å². The molecular weight excluding hydrogens is 252 g/mol. The monoisotopic (exact) mass is 270 g/mol. The number of nitrogens with zero attached hydrogens (tertiary/aromatic N) is 3. The first kappa shape index (κ1) is 14.1. The number of hydrogen-bond donors (Lipinski definition) is 1. The Morgan fingerprint density at radius 1 is 1.20 bits per heavy atom. The van der Waals surface area contributed by atoms with Crippen molar-refractivity contribution < 1.29 is 4.79 Å². The van der Waals surface area contributed by atoms with Gasteiger partial charge in [0.25, 0.3) is 5.91 Å². The van der Waals surface area contributed by atoms with Crippen LogP contribution in [0.2, 0.25) is 0 Å². The first-order valence-corrected chi connectivity index (χ1v) is 6.42. The Morgan fingerprint density at radius 3 is 2.60 bits per heavy atom. The van der Waals surface area contributed by atoms with Gasteiger partial charge in [-0.25, -0.2) is 4.98 Å². The van der Waals surface area contributed by atoms with E-state index in [0.29, 0.717) is 12.2 Å². The van der Waals surface area contributed by atoms with Crippen LogP contribution in [-0.4, -0.2) is 34.9 Å². The smallest absolute Gasteiger partial charge is 0.271 e. The quantitative estimate of drug-likeness (QED) is 0.894. The lowest BCUT2D eigenvalue weighted by Crippen LogP contribution is -2.25. The average Bonchev–Trinajstić information content (AvgIpc) is 2.46. The summed E-state index contributed by atoms with van der Waals surface area (Å²) in [6.07, 6.45) is 4.51. The number of benzene rings is 1. The lowest BCUT2D eigenvalue weighted by atomic mass is 10.1. The molecule has 0 saturated heterocycles. The highest BCUT2D eigenvalue weighted by atomic mass is 16.1. The zero-order valence-electron chi connectivity index (χ0n) is 11.7. The van der Waals surface area contributed by atoms with E-state index in [1.165, 1.54) is 18.0 Å². The van der Waals surface area contributed by atoms with Crippen molar-refractivity contribution in [3.63, 3.8) is 0 Å². The van der Waals surface area contributed by atoms with E-state index in [9.17, 15) is 4.79 Å². The van der Waals surface area contributed by atoms with Gasteiger partial charge in [0.2, 0.25) is 0 Å². The molecule has 2 rings (SSSR count). The van der Waals surface area contributed by atoms with Crippen LogP contribution in [0.15, 0.2) is 42.9 Å². The largest absolute Gasteiger partial charge is 0.347 e. The molecule has 2 aromatic rings. The zero-order chi connectivity index (χ0) is 14.4. The third kappa shape index (κ3) is 3.86. The summed E-state index contributed by atoms with van der Waals surface area (Å²) in [4.78, 5) is 21.9. The van der Waals surface area contributed by atoms with Crippen molar-refractivity contribution in [1.82, 2.24) is 20.2 Å². The molecule has 0 bridgehead atoms. The molecule has 1 heterocycles. The molecule has 0 saturated carbocycles. The fourth-order valence-corrected chi connectivity index (χ4v) is 1.91. The maximum Gasteiger partial charge on any atom is 0.271 e. The number of carbonyl (C=O) groups is 1. The number of amides is 1. The molecule has 0 aliphatic rings. The van der Waals surface area contributed by atoms with Gasteiger partial charge >= 0.3 is 0 Å². The molecule has 0 atom stereocenters. The summed E-state index contributed by atoms with van der Waals surface area (Å²) in [5.74, 6) is -0.210. The molecule has 1 amide bonds. The van der Waals surface area contributed by atoms with E-state index in [4.69, 9.17) is 0 Å². The molecule has 0 unspecified atom stereocenters. The van der Waals surface area contributed by atoms with Gasteiger partial charge in [-0.15, -0.1) is 0 Å². The highest BCUT2D eigenvalue weighted by Gasteiger charge is 2.08. The van der Waals surface area contributed by atoms with Crippen LogP contribution in [0, 0.1) is 0 Å². The second-order valence-corrected chi connectivity index (χ2v) is 4.78. The molecule has 20 heavy (non-hydrogen) atoms. The fourth-order valence-electron chi connectivity index (χ4n) is 1.91. The van der Waals surface area contributed by atoms with E-state index >= 15 is 0 Å². The molecule has 1 N–H and O–H groups in total. The SMILES string of the molecule is CN(C)Cc1ccccc1CNC(=O)c1cnccn1. The van der Waals surface area contributed by atoms with E-state index in [2.05, 4.69) is 26.3 Å². The third-order valence-corrected chi connectivity index (χ3v) is 2.84. The second kappa shape index (κ2) is 6.77. The predicted molar refractivity (Wildman–Crippen MR) is 77.0 cm³/mol. The van der Waals surface area contributed by atoms with Crippen LogP contribution < -0.4 is 5.32 Å². The minimum Gasteiger partial charge on any atom is -0.347 e. The number of hydrogen-bond acceptors (Lipinski definition) is 4. The highest BCUT2D eigenvalue weighted by molar-refractivity contribution is 5.91. The molecule has 0 aliphatic heterocycles. The van der Waals surface area contributed by atoms with Gasteiger partial charge in [-0.05, 0) is 25.2 Å². The summed E-state index contributed by atoms with van der Waals surface area (Å²) in [5, 5.41) is 2.87. The van der Waals surface area contributed by atoms with Crippen molar-refractivity contribution in [2.45, 2.75) is 13.1 Å². The molecule has 0 aliphatic carbocycles. The van der Waals surface area contributed by atoms with Crippen molar-refractivity contribution >= 4 is 5.91 Å². The van der Waals surface area contributed by atoms with E-state index in [1.54, 1.807) is 6.20 Å². The summed E-state index contributed by atoms with van der Waals surface area (Å²) < 4.78 is 0. The van der Waals surface area contributed by atoms with Crippen LogP contribution in [0.5, 0.6) is 0 Å². The van der Waals surface area contributed by atoms with Crippen LogP contribution >= 0.6 is 0 Å². The summed E-state index contributed by atoms with van der Waals surface area (Å²) in [6, 6.07) is 8.08. The lowest BCUT2D eigenvalue weighted by Gasteiger charge is -2.14. The van der Waals surface area contributed by atoms with Gasteiger partial charge in [0.15, 0.2) is 0 Å². The number of carbonyl (C=O) groups excluding carboxylic acids is 1. The first-order chi connectivity index (χ1) is 9.66. The predicted octanol–water partition coefficient (Wildman–Crippen LogP) is 1.47. The Labute approximate surface area is 118 Å². The van der Waals surface area contributed by atoms with Crippen molar-refractivity contribution in [1.29, 1.82) is 0 Å². The van der Waals surface area contributed by atoms with Crippen LogP contribution in [0.1, 0.15) is 21.6 Å². The molecule has 0 spiro atoms. The minimum atomic E-state index is -0.210. The van der Waals surface area contributed by atoms with Gasteiger partial charge in [-0.3, -0.25) is 9.78 Å². The van der Waals surface area contributed by atoms with Gasteiger partial charge in [0.05, 0.1) is 6.20 Å². The number of nitrogens with one attached hydrogen (secondary N) is 1. The van der Waals surface area contributed by atoms with E-state index in [1.807, 2.05) is 32.3 Å². The molecule has 1 aromatic carbocycles. The summed E-state index contributed by atoms with van der Waals surface area (Å²) in [6.45, 7) is 1.33. The maximum atomic E-state index is 11.9. The van der Waals surface area contributed by atoms with Crippen LogP contribution in [0.4, 0.5) is 0 Å². The van der Waals surface area contributed by atoms with E-state index in [0.717, 1.165) is 12.1 Å². The average molecular weight is 270 g/mol. The Morgan fingerprint density at radius 2 is 1.95 bits per heavy atom. The van der Waals surface area contributed by atoms with Crippen LogP contribution in [-0.2, 0) is 13.1 Å². The maximum absolute atomic E-state index is 11.9. The van der Waals surface area contributed by atoms with E-state index < -0.39 is 0 Å². The number of aromatic nitrogens is 2. The molecule has 5 nitrogen and oxygen atoms in total. The van der Waals surface area contributed by atoms with Gasteiger partial charge in [-0.2, -0.15) is 0 Å². The summed E-state index contributed by atoms with van der Waals surface area (Å²) in [7, 11) is 4.05. The topological polar surface area (TPSA) is 58.1 Å².